The molecule has 0 heterocycles. The number of carbonyl (C=O) groups is 3. The van der Waals surface area contributed by atoms with Crippen molar-refractivity contribution in [1.29, 1.82) is 0 Å². The van der Waals surface area contributed by atoms with Crippen LogP contribution in [-0.2, 0) is 28.6 Å². The Kier molecular flexibility index (Phi) is 62.2. The summed E-state index contributed by atoms with van der Waals surface area (Å²) < 4.78 is 16.9. The number of allylic oxidation sites excluding steroid dienone is 14. The molecule has 0 spiro atoms. The van der Waals surface area contributed by atoms with Gasteiger partial charge in [0.05, 0.1) is 0 Å². The van der Waals surface area contributed by atoms with Crippen LogP contribution in [0.25, 0.3) is 0 Å². The van der Waals surface area contributed by atoms with Gasteiger partial charge >= 0.3 is 17.9 Å². The lowest BCUT2D eigenvalue weighted by atomic mass is 10.0. The predicted molar refractivity (Wildman–Crippen MR) is 334 cm³/mol. The van der Waals surface area contributed by atoms with Crippen LogP contribution in [0, 0.1) is 0 Å². The lowest BCUT2D eigenvalue weighted by Crippen LogP contribution is -2.30. The molecule has 0 aliphatic carbocycles. The Morgan fingerprint density at radius 2 is 0.519 bits per heavy atom. The van der Waals surface area contributed by atoms with Crippen LogP contribution in [-0.4, -0.2) is 37.2 Å². The van der Waals surface area contributed by atoms with Crippen molar-refractivity contribution in [2.24, 2.45) is 0 Å². The van der Waals surface area contributed by atoms with E-state index in [1.807, 2.05) is 0 Å². The Morgan fingerprint density at radius 1 is 0.273 bits per heavy atom. The monoisotopic (exact) mass is 1070 g/mol. The molecule has 77 heavy (non-hydrogen) atoms. The summed E-state index contributed by atoms with van der Waals surface area (Å²) in [6, 6.07) is 0. The summed E-state index contributed by atoms with van der Waals surface area (Å²) in [4.78, 5) is 38.4. The number of hydrogen-bond donors (Lipinski definition) is 0. The van der Waals surface area contributed by atoms with Crippen molar-refractivity contribution in [1.82, 2.24) is 0 Å². The van der Waals surface area contributed by atoms with Crippen LogP contribution in [0.15, 0.2) is 85.1 Å². The second-order valence-electron chi connectivity index (χ2n) is 22.0. The van der Waals surface area contributed by atoms with Gasteiger partial charge in [0.15, 0.2) is 6.10 Å². The van der Waals surface area contributed by atoms with Gasteiger partial charge in [-0.15, -0.1) is 0 Å². The summed E-state index contributed by atoms with van der Waals surface area (Å²) in [5.41, 5.74) is 0. The van der Waals surface area contributed by atoms with Gasteiger partial charge in [-0.25, -0.2) is 0 Å². The average molecular weight is 1070 g/mol. The molecule has 0 aliphatic heterocycles. The van der Waals surface area contributed by atoms with E-state index in [2.05, 4.69) is 106 Å². The highest BCUT2D eigenvalue weighted by Crippen LogP contribution is 2.16. The van der Waals surface area contributed by atoms with Gasteiger partial charge in [0, 0.05) is 19.3 Å². The van der Waals surface area contributed by atoms with E-state index in [0.717, 1.165) is 77.0 Å². The Morgan fingerprint density at radius 3 is 0.844 bits per heavy atom. The van der Waals surface area contributed by atoms with Crippen molar-refractivity contribution >= 4 is 17.9 Å². The molecule has 0 saturated carbocycles. The van der Waals surface area contributed by atoms with Gasteiger partial charge in [-0.05, 0) is 109 Å². The van der Waals surface area contributed by atoms with E-state index >= 15 is 0 Å². The molecule has 0 aliphatic rings. The fourth-order valence-electron chi connectivity index (χ4n) is 9.41. The Bertz CT molecular complexity index is 1400. The highest BCUT2D eigenvalue weighted by Gasteiger charge is 2.19. The zero-order valence-corrected chi connectivity index (χ0v) is 51.0. The number of carbonyl (C=O) groups excluding carboxylic acids is 3. The average Bonchev–Trinajstić information content (AvgIpc) is 3.43. The summed E-state index contributed by atoms with van der Waals surface area (Å²) >= 11 is 0. The fourth-order valence-corrected chi connectivity index (χ4v) is 9.41. The maximum atomic E-state index is 12.9. The third kappa shape index (κ3) is 63.3. The molecule has 0 unspecified atom stereocenters. The molecule has 0 atom stereocenters. The normalized spacial score (nSPS) is 12.3. The summed E-state index contributed by atoms with van der Waals surface area (Å²) in [5.74, 6) is -0.944. The first-order chi connectivity index (χ1) is 38.0. The lowest BCUT2D eigenvalue weighted by molar-refractivity contribution is -0.167. The smallest absolute Gasteiger partial charge is 0.306 e. The summed E-state index contributed by atoms with van der Waals surface area (Å²) in [6.07, 6.45) is 86.0. The number of hydrogen-bond acceptors (Lipinski definition) is 6. The highest BCUT2D eigenvalue weighted by atomic mass is 16.6. The van der Waals surface area contributed by atoms with Crippen LogP contribution in [0.5, 0.6) is 0 Å². The van der Waals surface area contributed by atoms with Crippen molar-refractivity contribution in [3.05, 3.63) is 85.1 Å². The quantitative estimate of drug-likeness (QED) is 0.0261. The van der Waals surface area contributed by atoms with E-state index in [4.69, 9.17) is 14.2 Å². The molecule has 444 valence electrons. The molecular weight excluding hydrogens is 949 g/mol. The molecule has 0 aromatic heterocycles. The van der Waals surface area contributed by atoms with E-state index in [0.29, 0.717) is 19.3 Å². The minimum atomic E-state index is -0.808. The van der Waals surface area contributed by atoms with Crippen molar-refractivity contribution in [2.45, 2.75) is 335 Å². The van der Waals surface area contributed by atoms with Crippen LogP contribution in [0.4, 0.5) is 0 Å². The molecule has 0 saturated heterocycles. The second-order valence-corrected chi connectivity index (χ2v) is 22.0. The van der Waals surface area contributed by atoms with Gasteiger partial charge < -0.3 is 14.2 Å². The van der Waals surface area contributed by atoms with Gasteiger partial charge in [-0.2, -0.15) is 0 Å². The summed E-state index contributed by atoms with van der Waals surface area (Å²) in [6.45, 7) is 6.51. The fraction of sp³-hybridized carbons (Fsp3) is 0.761. The van der Waals surface area contributed by atoms with Crippen molar-refractivity contribution in [3.8, 4) is 0 Å². The van der Waals surface area contributed by atoms with Gasteiger partial charge in [0.25, 0.3) is 0 Å². The van der Waals surface area contributed by atoms with Crippen LogP contribution >= 0.6 is 0 Å². The Labute approximate surface area is 477 Å². The zero-order chi connectivity index (χ0) is 55.7. The summed E-state index contributed by atoms with van der Waals surface area (Å²) in [7, 11) is 0. The molecule has 6 heteroatoms. The lowest BCUT2D eigenvalue weighted by Gasteiger charge is -2.18. The predicted octanol–water partition coefficient (Wildman–Crippen LogP) is 22.7. The topological polar surface area (TPSA) is 78.9 Å². The largest absolute Gasteiger partial charge is 0.462 e. The molecule has 0 radical (unpaired) electrons. The van der Waals surface area contributed by atoms with Crippen LogP contribution in [0.3, 0.4) is 0 Å². The number of unbranched alkanes of at least 4 members (excludes halogenated alkanes) is 35. The minimum Gasteiger partial charge on any atom is -0.462 e. The van der Waals surface area contributed by atoms with Crippen molar-refractivity contribution in [2.75, 3.05) is 13.2 Å². The molecule has 0 amide bonds. The number of esters is 3. The first-order valence-corrected chi connectivity index (χ1v) is 33.1. The molecule has 0 aromatic carbocycles. The van der Waals surface area contributed by atoms with Crippen molar-refractivity contribution in [3.63, 3.8) is 0 Å². The molecule has 0 bridgehead atoms. The summed E-state index contributed by atoms with van der Waals surface area (Å²) in [5, 5.41) is 0. The van der Waals surface area contributed by atoms with E-state index in [1.54, 1.807) is 0 Å². The molecule has 6 nitrogen and oxygen atoms in total. The molecular formula is C71H124O6. The molecule has 0 N–H and O–H groups in total. The maximum Gasteiger partial charge on any atom is 0.306 e. The SMILES string of the molecule is CC/C=C\C/C=C\C/C=C\C/C=C\C/C=C\CCCC(=O)OC(COC(=O)CCCCCCCCCCCCC/C=C\CCCCCCCC)COC(=O)CCCCCCCCCCCCC/C=C\CCCCCCCC. The van der Waals surface area contributed by atoms with E-state index in [-0.39, 0.29) is 37.5 Å². The first kappa shape index (κ1) is 73.6. The van der Waals surface area contributed by atoms with E-state index in [9.17, 15) is 14.4 Å². The third-order valence-electron chi connectivity index (χ3n) is 14.4. The highest BCUT2D eigenvalue weighted by molar-refractivity contribution is 5.71. The molecule has 0 fully saturated rings. The molecule has 0 rings (SSSR count). The molecule has 0 aromatic rings. The van der Waals surface area contributed by atoms with Gasteiger partial charge in [-0.3, -0.25) is 14.4 Å². The standard InChI is InChI=1S/C71H124O6/c1-4-7-10-13-16-19-22-25-28-31-33-35-37-40-42-45-48-51-54-57-60-63-69(72)75-66-68(77-71(74)65-62-59-56-53-50-47-44-39-30-27-24-21-18-15-12-9-6-3)67-76-70(73)64-61-58-55-52-49-46-43-41-38-36-34-32-29-26-23-20-17-14-11-8-5-2/h9,12,18,21,25-30,44,47,53,56,68H,4-8,10-11,13-17,19-20,22-24,31-43,45-46,48-52,54-55,57-67H2,1-3H3/b12-9-,21-18-,28-25-,29-26-,30-27-,47-44-,56-53-. The minimum absolute atomic E-state index is 0.0979. The van der Waals surface area contributed by atoms with Gasteiger partial charge in [0.1, 0.15) is 13.2 Å². The number of ether oxygens (including phenoxy) is 3. The van der Waals surface area contributed by atoms with E-state index < -0.39 is 6.10 Å². The van der Waals surface area contributed by atoms with Crippen LogP contribution in [0.2, 0.25) is 0 Å². The Hall–Kier alpha value is -3.41. The zero-order valence-electron chi connectivity index (χ0n) is 51.0. The van der Waals surface area contributed by atoms with Crippen LogP contribution < -0.4 is 0 Å². The second kappa shape index (κ2) is 65.1. The van der Waals surface area contributed by atoms with Crippen LogP contribution in [0.1, 0.15) is 329 Å². The first-order valence-electron chi connectivity index (χ1n) is 33.1. The Balaban J connectivity index is 4.40. The van der Waals surface area contributed by atoms with Gasteiger partial charge in [0.2, 0.25) is 0 Å². The third-order valence-corrected chi connectivity index (χ3v) is 14.4. The van der Waals surface area contributed by atoms with Gasteiger partial charge in [-0.1, -0.05) is 286 Å². The van der Waals surface area contributed by atoms with E-state index in [1.165, 1.54) is 205 Å². The van der Waals surface area contributed by atoms with Crippen molar-refractivity contribution < 1.29 is 28.6 Å². The maximum absolute atomic E-state index is 12.9. The number of rotatable bonds is 60.